The second kappa shape index (κ2) is 5.58. The number of hydrogen-bond acceptors (Lipinski definition) is 1. The Bertz CT molecular complexity index is 861. The van der Waals surface area contributed by atoms with Gasteiger partial charge < -0.3 is 0 Å². The number of carbonyl (C=O) groups excluding carboxylic acids is 1. The molecule has 0 fully saturated rings. The minimum Gasteiger partial charge on any atom is -0.289 e. The average molecular weight is 364 g/mol. The molecule has 4 heteroatoms. The molecule has 0 aliphatic rings. The Balaban J connectivity index is 2.23. The lowest BCUT2D eigenvalue weighted by Crippen LogP contribution is -2.04. The molecule has 0 saturated carbocycles. The maximum Gasteiger partial charge on any atom is 0.195 e. The Morgan fingerprint density at radius 3 is 2.43 bits per heavy atom. The molecule has 0 unspecified atom stereocenters. The summed E-state index contributed by atoms with van der Waals surface area (Å²) in [5, 5.41) is 1.38. The molecular weight excluding hydrogens is 355 g/mol. The van der Waals surface area contributed by atoms with Gasteiger partial charge in [-0.2, -0.15) is 0 Å². The first-order chi connectivity index (χ1) is 10.1. The zero-order valence-electron chi connectivity index (χ0n) is 10.7. The lowest BCUT2D eigenvalue weighted by atomic mass is 9.97. The van der Waals surface area contributed by atoms with Crippen molar-refractivity contribution >= 4 is 44.1 Å². The Morgan fingerprint density at radius 1 is 0.952 bits per heavy atom. The van der Waals surface area contributed by atoms with Crippen molar-refractivity contribution in [1.82, 2.24) is 0 Å². The first kappa shape index (κ1) is 14.2. The number of rotatable bonds is 2. The molecule has 0 aromatic heterocycles. The third-order valence-corrected chi connectivity index (χ3v) is 4.11. The number of benzene rings is 3. The van der Waals surface area contributed by atoms with Gasteiger partial charge in [0.1, 0.15) is 5.82 Å². The van der Waals surface area contributed by atoms with Gasteiger partial charge in [0.05, 0.1) is 5.02 Å². The van der Waals surface area contributed by atoms with Gasteiger partial charge in [-0.05, 0) is 35.7 Å². The van der Waals surface area contributed by atoms with Crippen LogP contribution in [0.3, 0.4) is 0 Å². The molecule has 0 radical (unpaired) electrons. The summed E-state index contributed by atoms with van der Waals surface area (Å²) in [6.07, 6.45) is 0. The molecule has 0 spiro atoms. The minimum absolute atomic E-state index is 0.225. The van der Waals surface area contributed by atoms with E-state index >= 15 is 0 Å². The molecule has 1 nitrogen and oxygen atoms in total. The number of carbonyl (C=O) groups is 1. The highest BCUT2D eigenvalue weighted by molar-refractivity contribution is 9.10. The quantitative estimate of drug-likeness (QED) is 0.540. The molecule has 0 saturated heterocycles. The van der Waals surface area contributed by atoms with Gasteiger partial charge in [0.15, 0.2) is 5.78 Å². The highest BCUT2D eigenvalue weighted by atomic mass is 79.9. The maximum atomic E-state index is 13.8. The van der Waals surface area contributed by atoms with Crippen LogP contribution in [0.4, 0.5) is 4.39 Å². The zero-order valence-corrected chi connectivity index (χ0v) is 13.1. The van der Waals surface area contributed by atoms with Gasteiger partial charge in [-0.1, -0.05) is 51.8 Å². The summed E-state index contributed by atoms with van der Waals surface area (Å²) < 4.78 is 14.6. The number of hydrogen-bond donors (Lipinski definition) is 0. The predicted octanol–water partition coefficient (Wildman–Crippen LogP) is 5.63. The third-order valence-electron chi connectivity index (χ3n) is 3.29. The molecule has 104 valence electrons. The number of fused-ring (bicyclic) bond motifs is 1. The van der Waals surface area contributed by atoms with Crippen LogP contribution < -0.4 is 0 Å². The van der Waals surface area contributed by atoms with Crippen LogP contribution in [0.1, 0.15) is 15.9 Å². The molecule has 0 atom stereocenters. The Morgan fingerprint density at radius 2 is 1.67 bits per heavy atom. The molecule has 3 rings (SSSR count). The van der Waals surface area contributed by atoms with Gasteiger partial charge in [-0.3, -0.25) is 4.79 Å². The normalized spacial score (nSPS) is 10.8. The fourth-order valence-corrected chi connectivity index (χ4v) is 2.84. The number of ketones is 1. The minimum atomic E-state index is -0.345. The topological polar surface area (TPSA) is 17.1 Å². The summed E-state index contributed by atoms with van der Waals surface area (Å²) in [6.45, 7) is 0. The molecule has 0 bridgehead atoms. The lowest BCUT2D eigenvalue weighted by Gasteiger charge is -2.08. The zero-order chi connectivity index (χ0) is 15.0. The first-order valence-corrected chi connectivity index (χ1v) is 7.42. The molecule has 3 aromatic carbocycles. The van der Waals surface area contributed by atoms with Crippen molar-refractivity contribution in [3.63, 3.8) is 0 Å². The molecule has 0 heterocycles. The van der Waals surface area contributed by atoms with Gasteiger partial charge in [-0.15, -0.1) is 0 Å². The summed E-state index contributed by atoms with van der Waals surface area (Å²) >= 11 is 9.44. The molecule has 0 N–H and O–H groups in total. The SMILES string of the molecule is O=C(c1cc(Br)ccc1Cl)c1ccc(F)c2ccccc12. The fraction of sp³-hybridized carbons (Fsp3) is 0. The molecule has 0 aliphatic carbocycles. The van der Waals surface area contributed by atoms with Gasteiger partial charge in [0, 0.05) is 21.0 Å². The van der Waals surface area contributed by atoms with Crippen molar-refractivity contribution in [3.8, 4) is 0 Å². The standard InChI is InChI=1S/C17H9BrClFO/c18-10-5-7-15(19)14(9-10)17(21)13-6-8-16(20)12-4-2-1-3-11(12)13/h1-9H. The average Bonchev–Trinajstić information content (AvgIpc) is 2.50. The Labute approximate surface area is 134 Å². The van der Waals surface area contributed by atoms with Crippen LogP contribution in [0.15, 0.2) is 59.1 Å². The van der Waals surface area contributed by atoms with Crippen LogP contribution in [0.25, 0.3) is 10.8 Å². The Kier molecular flexibility index (Phi) is 3.79. The van der Waals surface area contributed by atoms with E-state index in [4.69, 9.17) is 11.6 Å². The van der Waals surface area contributed by atoms with Gasteiger partial charge in [-0.25, -0.2) is 4.39 Å². The van der Waals surface area contributed by atoms with Crippen LogP contribution in [0.5, 0.6) is 0 Å². The largest absolute Gasteiger partial charge is 0.289 e. The van der Waals surface area contributed by atoms with Crippen LogP contribution >= 0.6 is 27.5 Å². The second-order valence-electron chi connectivity index (χ2n) is 4.59. The summed E-state index contributed by atoms with van der Waals surface area (Å²) in [4.78, 5) is 12.7. The molecule has 0 aliphatic heterocycles. The summed E-state index contributed by atoms with van der Waals surface area (Å²) in [6, 6.07) is 14.8. The van der Waals surface area contributed by atoms with Crippen LogP contribution in [-0.2, 0) is 0 Å². The monoisotopic (exact) mass is 362 g/mol. The van der Waals surface area contributed by atoms with E-state index < -0.39 is 0 Å². The van der Waals surface area contributed by atoms with Crippen molar-refractivity contribution < 1.29 is 9.18 Å². The smallest absolute Gasteiger partial charge is 0.195 e. The van der Waals surface area contributed by atoms with Crippen LogP contribution in [-0.4, -0.2) is 5.78 Å². The number of halogens is 3. The molecule has 0 amide bonds. The van der Waals surface area contributed by atoms with Gasteiger partial charge >= 0.3 is 0 Å². The van der Waals surface area contributed by atoms with Crippen molar-refractivity contribution in [2.75, 3.05) is 0 Å². The molecule has 3 aromatic rings. The Hall–Kier alpha value is -1.71. The van der Waals surface area contributed by atoms with E-state index in [0.29, 0.717) is 26.9 Å². The lowest BCUT2D eigenvalue weighted by molar-refractivity contribution is 0.104. The second-order valence-corrected chi connectivity index (χ2v) is 5.92. The van der Waals surface area contributed by atoms with E-state index in [1.54, 1.807) is 42.5 Å². The summed E-state index contributed by atoms with van der Waals surface area (Å²) in [5.74, 6) is -0.569. The van der Waals surface area contributed by atoms with E-state index in [1.807, 2.05) is 0 Å². The third kappa shape index (κ3) is 2.59. The van der Waals surface area contributed by atoms with Gasteiger partial charge in [0.25, 0.3) is 0 Å². The van der Waals surface area contributed by atoms with E-state index in [9.17, 15) is 9.18 Å². The summed E-state index contributed by atoms with van der Waals surface area (Å²) in [5.41, 5.74) is 0.829. The van der Waals surface area contributed by atoms with E-state index in [1.165, 1.54) is 12.1 Å². The molecular formula is C17H9BrClFO. The van der Waals surface area contributed by atoms with Crippen molar-refractivity contribution in [2.45, 2.75) is 0 Å². The summed E-state index contributed by atoms with van der Waals surface area (Å²) in [7, 11) is 0. The van der Waals surface area contributed by atoms with E-state index in [2.05, 4.69) is 15.9 Å². The van der Waals surface area contributed by atoms with Crippen molar-refractivity contribution in [3.05, 3.63) is 81.0 Å². The predicted molar refractivity (Wildman–Crippen MR) is 86.5 cm³/mol. The molecule has 21 heavy (non-hydrogen) atoms. The van der Waals surface area contributed by atoms with Crippen LogP contribution in [0.2, 0.25) is 5.02 Å². The van der Waals surface area contributed by atoms with E-state index in [0.717, 1.165) is 4.47 Å². The van der Waals surface area contributed by atoms with Crippen molar-refractivity contribution in [1.29, 1.82) is 0 Å². The first-order valence-electron chi connectivity index (χ1n) is 6.25. The highest BCUT2D eigenvalue weighted by Gasteiger charge is 2.17. The van der Waals surface area contributed by atoms with E-state index in [-0.39, 0.29) is 11.6 Å². The fourth-order valence-electron chi connectivity index (χ4n) is 2.28. The maximum absolute atomic E-state index is 13.8. The highest BCUT2D eigenvalue weighted by Crippen LogP contribution is 2.28. The van der Waals surface area contributed by atoms with Crippen LogP contribution in [0, 0.1) is 5.82 Å². The van der Waals surface area contributed by atoms with Gasteiger partial charge in [0.2, 0.25) is 0 Å². The van der Waals surface area contributed by atoms with Crippen molar-refractivity contribution in [2.24, 2.45) is 0 Å².